The van der Waals surface area contributed by atoms with Gasteiger partial charge in [-0.05, 0) is 6.92 Å². The van der Waals surface area contributed by atoms with Gasteiger partial charge in [-0.25, -0.2) is 10.5 Å². The van der Waals surface area contributed by atoms with Crippen molar-refractivity contribution in [2.45, 2.75) is 19.9 Å². The molecule has 6 nitrogen and oxygen atoms in total. The maximum atomic E-state index is 11.3. The van der Waals surface area contributed by atoms with Crippen molar-refractivity contribution in [1.29, 1.82) is 0 Å². The summed E-state index contributed by atoms with van der Waals surface area (Å²) >= 11 is 0. The molecule has 1 amide bonds. The average Bonchev–Trinajstić information content (AvgIpc) is 2.56. The first-order valence-electron chi connectivity index (χ1n) is 4.45. The van der Waals surface area contributed by atoms with E-state index >= 15 is 0 Å². The van der Waals surface area contributed by atoms with Crippen molar-refractivity contribution >= 4 is 5.91 Å². The molecular formula is C8H12N4O2. The topological polar surface area (TPSA) is 82.2 Å². The highest BCUT2D eigenvalue weighted by atomic mass is 16.5. The van der Waals surface area contributed by atoms with Gasteiger partial charge >= 0.3 is 0 Å². The molecule has 0 saturated heterocycles. The van der Waals surface area contributed by atoms with E-state index in [1.54, 1.807) is 11.6 Å². The number of aromatic nitrogens is 2. The lowest BCUT2D eigenvalue weighted by molar-refractivity contribution is 0.0947. The minimum absolute atomic E-state index is 0.337. The largest absolute Gasteiger partial charge is 0.478 e. The minimum atomic E-state index is -0.381. The molecule has 0 bridgehead atoms. The Morgan fingerprint density at radius 2 is 2.50 bits per heavy atom. The molecule has 0 spiro atoms. The second kappa shape index (κ2) is 3.30. The molecule has 2 rings (SSSR count). The first-order valence-corrected chi connectivity index (χ1v) is 4.45. The van der Waals surface area contributed by atoms with Crippen molar-refractivity contribution in [3.05, 3.63) is 11.3 Å². The van der Waals surface area contributed by atoms with Gasteiger partial charge in [0.1, 0.15) is 0 Å². The zero-order valence-electron chi connectivity index (χ0n) is 7.91. The van der Waals surface area contributed by atoms with Gasteiger partial charge in [0.05, 0.1) is 6.61 Å². The van der Waals surface area contributed by atoms with E-state index in [9.17, 15) is 4.79 Å². The summed E-state index contributed by atoms with van der Waals surface area (Å²) in [5, 5.41) is 4.12. The fraction of sp³-hybridized carbons (Fsp3) is 0.500. The Bertz CT molecular complexity index is 372. The van der Waals surface area contributed by atoms with Gasteiger partial charge in [-0.15, -0.1) is 0 Å². The number of aryl methyl sites for hydroxylation is 1. The lowest BCUT2D eigenvalue weighted by Crippen LogP contribution is -2.30. The molecule has 1 aromatic heterocycles. The van der Waals surface area contributed by atoms with Gasteiger partial charge in [0.25, 0.3) is 5.91 Å². The summed E-state index contributed by atoms with van der Waals surface area (Å²) in [7, 11) is 0. The smallest absolute Gasteiger partial charge is 0.286 e. The lowest BCUT2D eigenvalue weighted by atomic mass is 10.2. The number of rotatable bonds is 1. The Labute approximate surface area is 81.0 Å². The van der Waals surface area contributed by atoms with Crippen molar-refractivity contribution in [1.82, 2.24) is 15.2 Å². The number of ether oxygens (including phenoxy) is 1. The zero-order valence-corrected chi connectivity index (χ0v) is 7.91. The van der Waals surface area contributed by atoms with Crippen LogP contribution in [0.3, 0.4) is 0 Å². The normalized spacial score (nSPS) is 14.4. The highest BCUT2D eigenvalue weighted by Crippen LogP contribution is 2.24. The van der Waals surface area contributed by atoms with Crippen LogP contribution in [0.25, 0.3) is 0 Å². The highest BCUT2D eigenvalue weighted by molar-refractivity contribution is 5.93. The standard InChI is InChI=1S/C8H12N4O2/c1-5-6(7(13)10-9)11-12-3-2-4-14-8(5)12/h2-4,9H2,1H3,(H,10,13). The molecule has 0 saturated carbocycles. The minimum Gasteiger partial charge on any atom is -0.478 e. The van der Waals surface area contributed by atoms with Crippen LogP contribution < -0.4 is 16.0 Å². The average molecular weight is 196 g/mol. The first kappa shape index (κ1) is 9.01. The predicted molar refractivity (Wildman–Crippen MR) is 48.7 cm³/mol. The Balaban J connectivity index is 2.43. The molecule has 0 aromatic carbocycles. The highest BCUT2D eigenvalue weighted by Gasteiger charge is 2.22. The number of carbonyl (C=O) groups excluding carboxylic acids is 1. The van der Waals surface area contributed by atoms with Gasteiger partial charge in [-0.1, -0.05) is 0 Å². The third-order valence-corrected chi connectivity index (χ3v) is 2.23. The van der Waals surface area contributed by atoms with Crippen molar-refractivity contribution in [3.63, 3.8) is 0 Å². The molecule has 6 heteroatoms. The summed E-state index contributed by atoms with van der Waals surface area (Å²) in [6.07, 6.45) is 0.914. The van der Waals surface area contributed by atoms with Gasteiger partial charge in [0, 0.05) is 18.5 Å². The Hall–Kier alpha value is -1.56. The number of hydrazine groups is 1. The number of hydrogen-bond acceptors (Lipinski definition) is 4. The van der Waals surface area contributed by atoms with Crippen LogP contribution in [0, 0.1) is 6.92 Å². The van der Waals surface area contributed by atoms with Crippen molar-refractivity contribution in [2.75, 3.05) is 6.61 Å². The fourth-order valence-electron chi connectivity index (χ4n) is 1.54. The molecule has 0 unspecified atom stereocenters. The van der Waals surface area contributed by atoms with Gasteiger partial charge in [-0.3, -0.25) is 10.2 Å². The van der Waals surface area contributed by atoms with E-state index in [-0.39, 0.29) is 5.91 Å². The number of nitrogens with zero attached hydrogens (tertiary/aromatic N) is 2. The number of nitrogens with two attached hydrogens (primary N) is 1. The van der Waals surface area contributed by atoms with Crippen LogP contribution in [0.4, 0.5) is 0 Å². The van der Waals surface area contributed by atoms with Crippen molar-refractivity contribution in [3.8, 4) is 5.88 Å². The molecule has 0 fully saturated rings. The third-order valence-electron chi connectivity index (χ3n) is 2.23. The molecule has 14 heavy (non-hydrogen) atoms. The second-order valence-corrected chi connectivity index (χ2v) is 3.18. The van der Waals surface area contributed by atoms with Crippen LogP contribution in [-0.4, -0.2) is 22.3 Å². The van der Waals surface area contributed by atoms with Gasteiger partial charge in [0.2, 0.25) is 5.88 Å². The quantitative estimate of drug-likeness (QED) is 0.363. The molecule has 2 heterocycles. The van der Waals surface area contributed by atoms with Crippen LogP contribution >= 0.6 is 0 Å². The van der Waals surface area contributed by atoms with Gasteiger partial charge in [0.15, 0.2) is 5.69 Å². The Morgan fingerprint density at radius 3 is 3.14 bits per heavy atom. The first-order chi connectivity index (χ1) is 6.74. The number of nitrogen functional groups attached to an aromatic ring is 1. The fourth-order valence-corrected chi connectivity index (χ4v) is 1.54. The number of nitrogens with one attached hydrogen (secondary N) is 1. The molecule has 0 aliphatic carbocycles. The lowest BCUT2D eigenvalue weighted by Gasteiger charge is -2.14. The van der Waals surface area contributed by atoms with Crippen LogP contribution in [0.5, 0.6) is 5.88 Å². The van der Waals surface area contributed by atoms with Crippen LogP contribution in [-0.2, 0) is 6.54 Å². The van der Waals surface area contributed by atoms with E-state index in [1.807, 2.05) is 0 Å². The molecule has 76 valence electrons. The number of hydrogen-bond donors (Lipinski definition) is 2. The second-order valence-electron chi connectivity index (χ2n) is 3.18. The summed E-state index contributed by atoms with van der Waals surface area (Å²) in [6, 6.07) is 0. The van der Waals surface area contributed by atoms with Crippen molar-refractivity contribution in [2.24, 2.45) is 5.84 Å². The molecular weight excluding hydrogens is 184 g/mol. The zero-order chi connectivity index (χ0) is 10.1. The Morgan fingerprint density at radius 1 is 1.71 bits per heavy atom. The summed E-state index contributed by atoms with van der Waals surface area (Å²) in [4.78, 5) is 11.3. The van der Waals surface area contributed by atoms with Gasteiger partial charge in [-0.2, -0.15) is 5.10 Å². The van der Waals surface area contributed by atoms with E-state index in [4.69, 9.17) is 10.6 Å². The molecule has 0 radical (unpaired) electrons. The molecule has 0 atom stereocenters. The van der Waals surface area contributed by atoms with Crippen LogP contribution in [0.1, 0.15) is 22.5 Å². The molecule has 1 aliphatic heterocycles. The van der Waals surface area contributed by atoms with Crippen LogP contribution in [0.15, 0.2) is 0 Å². The number of carbonyl (C=O) groups is 1. The van der Waals surface area contributed by atoms with E-state index in [0.717, 1.165) is 18.5 Å². The van der Waals surface area contributed by atoms with E-state index in [0.29, 0.717) is 18.2 Å². The molecule has 1 aromatic rings. The SMILES string of the molecule is Cc1c(C(=O)NN)nn2c1OCCC2. The van der Waals surface area contributed by atoms with E-state index in [2.05, 4.69) is 10.5 Å². The number of amides is 1. The summed E-state index contributed by atoms with van der Waals surface area (Å²) in [6.45, 7) is 3.26. The summed E-state index contributed by atoms with van der Waals surface area (Å²) in [5.41, 5.74) is 3.14. The van der Waals surface area contributed by atoms with E-state index < -0.39 is 0 Å². The summed E-state index contributed by atoms with van der Waals surface area (Å²) in [5.74, 6) is 5.34. The van der Waals surface area contributed by atoms with Crippen LogP contribution in [0.2, 0.25) is 0 Å². The maximum absolute atomic E-state index is 11.3. The van der Waals surface area contributed by atoms with Gasteiger partial charge < -0.3 is 4.74 Å². The van der Waals surface area contributed by atoms with Crippen molar-refractivity contribution < 1.29 is 9.53 Å². The maximum Gasteiger partial charge on any atom is 0.286 e. The van der Waals surface area contributed by atoms with E-state index in [1.165, 1.54) is 0 Å². The molecule has 1 aliphatic rings. The monoisotopic (exact) mass is 196 g/mol. The predicted octanol–water partition coefficient (Wildman–Crippen LogP) is -0.422. The molecule has 3 N–H and O–H groups in total. The summed E-state index contributed by atoms with van der Waals surface area (Å²) < 4.78 is 7.11. The number of fused-ring (bicyclic) bond motifs is 1. The Kier molecular flexibility index (Phi) is 2.12. The third kappa shape index (κ3) is 1.24.